The number of halogens is 1. The van der Waals surface area contributed by atoms with E-state index in [4.69, 9.17) is 4.74 Å². The van der Waals surface area contributed by atoms with Crippen LogP contribution in [0.25, 0.3) is 0 Å². The van der Waals surface area contributed by atoms with Crippen molar-refractivity contribution in [2.24, 2.45) is 0 Å². The van der Waals surface area contributed by atoms with E-state index in [0.717, 1.165) is 43.9 Å². The van der Waals surface area contributed by atoms with Gasteiger partial charge in [0.05, 0.1) is 6.54 Å². The van der Waals surface area contributed by atoms with Gasteiger partial charge in [-0.1, -0.05) is 24.3 Å². The number of carbonyl (C=O) groups is 1. The zero-order chi connectivity index (χ0) is 20.2. The standard InChI is InChI=1S/C23H28FN3O2/c1-26-9-11-27(12-10-26)23(28)15-25-22-14-21(22)18-5-7-20(8-6-18)29-16-17-3-2-4-19(24)13-17/h2-8,13,21-22,25H,9-12,14-16H2,1H3. The third-order valence-corrected chi connectivity index (χ3v) is 5.76. The fraction of sp³-hybridized carbons (Fsp3) is 0.435. The number of amides is 1. The van der Waals surface area contributed by atoms with Crippen LogP contribution in [-0.4, -0.2) is 61.5 Å². The lowest BCUT2D eigenvalue weighted by Crippen LogP contribution is -2.49. The predicted molar refractivity (Wildman–Crippen MR) is 110 cm³/mol. The first-order chi connectivity index (χ1) is 14.1. The first-order valence-corrected chi connectivity index (χ1v) is 10.3. The van der Waals surface area contributed by atoms with Crippen LogP contribution in [-0.2, 0) is 11.4 Å². The maximum absolute atomic E-state index is 13.2. The number of likely N-dealkylation sites (N-methyl/N-ethyl adjacent to an activating group) is 1. The molecule has 1 aliphatic heterocycles. The summed E-state index contributed by atoms with van der Waals surface area (Å²) in [5, 5.41) is 3.41. The summed E-state index contributed by atoms with van der Waals surface area (Å²) < 4.78 is 19.0. The number of hydrogen-bond donors (Lipinski definition) is 1. The normalized spacial score (nSPS) is 21.8. The highest BCUT2D eigenvalue weighted by molar-refractivity contribution is 5.78. The second-order valence-corrected chi connectivity index (χ2v) is 8.00. The van der Waals surface area contributed by atoms with Gasteiger partial charge >= 0.3 is 0 Å². The Kier molecular flexibility index (Phi) is 6.11. The molecule has 1 saturated carbocycles. The third kappa shape index (κ3) is 5.34. The number of benzene rings is 2. The van der Waals surface area contributed by atoms with Crippen molar-refractivity contribution in [3.05, 3.63) is 65.5 Å². The molecule has 2 aromatic carbocycles. The van der Waals surface area contributed by atoms with Crippen LogP contribution in [0.5, 0.6) is 5.75 Å². The number of hydrogen-bond acceptors (Lipinski definition) is 4. The van der Waals surface area contributed by atoms with Crippen molar-refractivity contribution >= 4 is 5.91 Å². The van der Waals surface area contributed by atoms with Crippen molar-refractivity contribution in [3.63, 3.8) is 0 Å². The van der Waals surface area contributed by atoms with Gasteiger partial charge in [-0.25, -0.2) is 4.39 Å². The molecule has 0 radical (unpaired) electrons. The Labute approximate surface area is 171 Å². The molecule has 1 N–H and O–H groups in total. The van der Waals surface area contributed by atoms with Gasteiger partial charge in [0.1, 0.15) is 18.2 Å². The van der Waals surface area contributed by atoms with Crippen LogP contribution < -0.4 is 10.1 Å². The van der Waals surface area contributed by atoms with Gasteiger partial charge in [-0.2, -0.15) is 0 Å². The molecule has 4 rings (SSSR count). The minimum absolute atomic E-state index is 0.199. The van der Waals surface area contributed by atoms with Crippen molar-refractivity contribution in [2.75, 3.05) is 39.8 Å². The lowest BCUT2D eigenvalue weighted by atomic mass is 10.1. The second-order valence-electron chi connectivity index (χ2n) is 8.00. The zero-order valence-electron chi connectivity index (χ0n) is 16.8. The molecule has 5 nitrogen and oxygen atoms in total. The van der Waals surface area contributed by atoms with E-state index in [2.05, 4.69) is 29.4 Å². The number of carbonyl (C=O) groups excluding carboxylic acids is 1. The van der Waals surface area contributed by atoms with E-state index in [1.807, 2.05) is 23.1 Å². The fourth-order valence-electron chi connectivity index (χ4n) is 3.78. The molecule has 1 saturated heterocycles. The van der Waals surface area contributed by atoms with E-state index in [0.29, 0.717) is 25.1 Å². The topological polar surface area (TPSA) is 44.8 Å². The van der Waals surface area contributed by atoms with Crippen LogP contribution in [0.1, 0.15) is 23.5 Å². The molecule has 6 heteroatoms. The molecule has 2 atom stereocenters. The van der Waals surface area contributed by atoms with E-state index in [1.165, 1.54) is 17.7 Å². The van der Waals surface area contributed by atoms with Gasteiger partial charge in [0.15, 0.2) is 0 Å². The van der Waals surface area contributed by atoms with E-state index >= 15 is 0 Å². The summed E-state index contributed by atoms with van der Waals surface area (Å²) in [5.74, 6) is 1.17. The Morgan fingerprint density at radius 2 is 1.90 bits per heavy atom. The van der Waals surface area contributed by atoms with Crippen molar-refractivity contribution in [2.45, 2.75) is 25.0 Å². The van der Waals surface area contributed by atoms with Gasteiger partial charge in [-0.05, 0) is 48.9 Å². The second kappa shape index (κ2) is 8.93. The molecule has 0 aromatic heterocycles. The molecule has 2 aliphatic rings. The van der Waals surface area contributed by atoms with Gasteiger partial charge in [-0.3, -0.25) is 4.79 Å². The Morgan fingerprint density at radius 1 is 1.14 bits per heavy atom. The van der Waals surface area contributed by atoms with Gasteiger partial charge in [-0.15, -0.1) is 0 Å². The number of rotatable bonds is 7. The van der Waals surface area contributed by atoms with Gasteiger partial charge in [0, 0.05) is 38.1 Å². The molecule has 1 amide bonds. The number of nitrogens with zero attached hydrogens (tertiary/aromatic N) is 2. The first kappa shape index (κ1) is 19.9. The molecule has 2 unspecified atom stereocenters. The highest BCUT2D eigenvalue weighted by Crippen LogP contribution is 2.41. The molecule has 29 heavy (non-hydrogen) atoms. The molecule has 2 aromatic rings. The SMILES string of the molecule is CN1CCN(C(=O)CNC2CC2c2ccc(OCc3cccc(F)c3)cc2)CC1. The van der Waals surface area contributed by atoms with E-state index < -0.39 is 0 Å². The van der Waals surface area contributed by atoms with Gasteiger partial charge < -0.3 is 19.9 Å². The summed E-state index contributed by atoms with van der Waals surface area (Å²) in [6.45, 7) is 4.31. The Bertz CT molecular complexity index is 834. The quantitative estimate of drug-likeness (QED) is 0.780. The summed E-state index contributed by atoms with van der Waals surface area (Å²) in [4.78, 5) is 16.5. The lowest BCUT2D eigenvalue weighted by Gasteiger charge is -2.32. The molecule has 2 fully saturated rings. The average Bonchev–Trinajstić information content (AvgIpc) is 3.51. The van der Waals surface area contributed by atoms with Crippen LogP contribution in [0.2, 0.25) is 0 Å². The molecule has 1 aliphatic carbocycles. The van der Waals surface area contributed by atoms with Crippen LogP contribution in [0.15, 0.2) is 48.5 Å². The maximum Gasteiger partial charge on any atom is 0.236 e. The Hall–Kier alpha value is -2.44. The molecular formula is C23H28FN3O2. The largest absolute Gasteiger partial charge is 0.489 e. The van der Waals surface area contributed by atoms with E-state index in [9.17, 15) is 9.18 Å². The maximum atomic E-state index is 13.2. The van der Waals surface area contributed by atoms with E-state index in [1.54, 1.807) is 6.07 Å². The molecular weight excluding hydrogens is 369 g/mol. The van der Waals surface area contributed by atoms with Crippen molar-refractivity contribution in [3.8, 4) is 5.75 Å². The Balaban J connectivity index is 1.21. The monoisotopic (exact) mass is 397 g/mol. The number of piperazine rings is 1. The molecule has 1 heterocycles. The summed E-state index contributed by atoms with van der Waals surface area (Å²) in [7, 11) is 2.09. The number of ether oxygens (including phenoxy) is 1. The summed E-state index contributed by atoms with van der Waals surface area (Å²) >= 11 is 0. The van der Waals surface area contributed by atoms with Crippen LogP contribution in [0.3, 0.4) is 0 Å². The molecule has 0 spiro atoms. The predicted octanol–water partition coefficient (Wildman–Crippen LogP) is 2.62. The zero-order valence-corrected chi connectivity index (χ0v) is 16.8. The molecule has 154 valence electrons. The highest BCUT2D eigenvalue weighted by atomic mass is 19.1. The summed E-state index contributed by atoms with van der Waals surface area (Å²) in [6, 6.07) is 14.9. The van der Waals surface area contributed by atoms with Crippen molar-refractivity contribution < 1.29 is 13.9 Å². The van der Waals surface area contributed by atoms with Crippen molar-refractivity contribution in [1.82, 2.24) is 15.1 Å². The fourth-order valence-corrected chi connectivity index (χ4v) is 3.78. The van der Waals surface area contributed by atoms with Gasteiger partial charge in [0.2, 0.25) is 5.91 Å². The van der Waals surface area contributed by atoms with Gasteiger partial charge in [0.25, 0.3) is 0 Å². The minimum atomic E-state index is -0.250. The van der Waals surface area contributed by atoms with Crippen molar-refractivity contribution in [1.29, 1.82) is 0 Å². The van der Waals surface area contributed by atoms with E-state index in [-0.39, 0.29) is 11.7 Å². The van der Waals surface area contributed by atoms with Crippen LogP contribution in [0.4, 0.5) is 4.39 Å². The van der Waals surface area contributed by atoms with Crippen LogP contribution in [0, 0.1) is 5.82 Å². The average molecular weight is 397 g/mol. The summed E-state index contributed by atoms with van der Waals surface area (Å²) in [6.07, 6.45) is 1.06. The Morgan fingerprint density at radius 3 is 2.62 bits per heavy atom. The number of nitrogens with one attached hydrogen (secondary N) is 1. The van der Waals surface area contributed by atoms with Crippen LogP contribution >= 0.6 is 0 Å². The molecule has 0 bridgehead atoms. The minimum Gasteiger partial charge on any atom is -0.489 e. The third-order valence-electron chi connectivity index (χ3n) is 5.76. The lowest BCUT2D eigenvalue weighted by molar-refractivity contribution is -0.131. The summed E-state index contributed by atoms with van der Waals surface area (Å²) in [5.41, 5.74) is 2.07. The highest BCUT2D eigenvalue weighted by Gasteiger charge is 2.38. The smallest absolute Gasteiger partial charge is 0.236 e. The first-order valence-electron chi connectivity index (χ1n) is 10.3.